The molecule has 0 aromatic carbocycles. The summed E-state index contributed by atoms with van der Waals surface area (Å²) in [6.07, 6.45) is 0.163. The molecule has 3 N–H and O–H groups in total. The molecule has 0 aliphatic heterocycles. The minimum atomic E-state index is -3.46. The van der Waals surface area contributed by atoms with Crippen molar-refractivity contribution in [3.63, 3.8) is 0 Å². The number of rotatable bonds is 4. The van der Waals surface area contributed by atoms with Gasteiger partial charge in [0.2, 0.25) is 0 Å². The highest BCUT2D eigenvalue weighted by Crippen LogP contribution is 2.05. The van der Waals surface area contributed by atoms with Crippen LogP contribution in [0, 0.1) is 0 Å². The van der Waals surface area contributed by atoms with Crippen molar-refractivity contribution >= 4 is 19.0 Å². The van der Waals surface area contributed by atoms with Crippen molar-refractivity contribution in [3.05, 3.63) is 31.3 Å². The fraction of sp³-hybridized carbons (Fsp3) is 0.375. The maximum atomic E-state index is 11.9. The van der Waals surface area contributed by atoms with Crippen LogP contribution >= 0.6 is 7.83 Å². The van der Waals surface area contributed by atoms with E-state index in [4.69, 9.17) is 5.11 Å². The molecule has 0 aliphatic rings. The molecular formula is C8H9N4O6P. The second-order valence-electron chi connectivity index (χ2n) is 3.67. The molecule has 2 aromatic rings. The predicted molar refractivity (Wildman–Crippen MR) is 62.8 cm³/mol. The Hall–Kier alpha value is -2.19. The van der Waals surface area contributed by atoms with Gasteiger partial charge < -0.3 is 5.11 Å². The topological polar surface area (TPSA) is 147 Å². The maximum Gasteiger partial charge on any atom is 0.438 e. The van der Waals surface area contributed by atoms with Crippen LogP contribution in [0.25, 0.3) is 11.2 Å². The average Bonchev–Trinajstić information content (AvgIpc) is 2.71. The number of aliphatic hydroxyl groups excluding tert-OH is 1. The van der Waals surface area contributed by atoms with Crippen LogP contribution in [0.1, 0.15) is 6.42 Å². The fourth-order valence-corrected chi connectivity index (χ4v) is 2.21. The largest absolute Gasteiger partial charge is 0.438 e. The van der Waals surface area contributed by atoms with Crippen LogP contribution in [-0.2, 0) is 15.7 Å². The predicted octanol–water partition coefficient (Wildman–Crippen LogP) is -1.50. The molecule has 19 heavy (non-hydrogen) atoms. The summed E-state index contributed by atoms with van der Waals surface area (Å²) in [6.45, 7) is -0.270. The number of hydrogen-bond acceptors (Lipinski definition) is 6. The molecular weight excluding hydrogens is 279 g/mol. The summed E-state index contributed by atoms with van der Waals surface area (Å²) >= 11 is 0. The quantitative estimate of drug-likeness (QED) is 0.583. The van der Waals surface area contributed by atoms with Gasteiger partial charge in [-0.1, -0.05) is 0 Å². The van der Waals surface area contributed by atoms with Gasteiger partial charge in [-0.2, -0.15) is 0 Å². The molecule has 2 rings (SSSR count). The number of nitrogens with one attached hydrogen (secondary N) is 2. The zero-order valence-corrected chi connectivity index (χ0v) is 10.3. The average molecular weight is 288 g/mol. The van der Waals surface area contributed by atoms with Gasteiger partial charge >= 0.3 is 19.2 Å². The molecule has 0 radical (unpaired) electrons. The molecule has 11 heteroatoms. The second-order valence-corrected chi connectivity index (χ2v) is 4.54. The molecule has 102 valence electrons. The number of fused-ring (bicyclic) bond motifs is 1. The van der Waals surface area contributed by atoms with Gasteiger partial charge in [-0.15, -0.1) is 4.34 Å². The van der Waals surface area contributed by atoms with E-state index in [2.05, 4.69) is 9.97 Å². The highest BCUT2D eigenvalue weighted by molar-refractivity contribution is 7.28. The number of H-pyrrole nitrogens is 2. The van der Waals surface area contributed by atoms with Crippen molar-refractivity contribution < 1.29 is 14.2 Å². The molecule has 0 fully saturated rings. The lowest BCUT2D eigenvalue weighted by atomic mass is 10.4. The molecule has 0 saturated heterocycles. The first-order chi connectivity index (χ1) is 8.97. The SMILES string of the molecule is O=c1[nH]c2c(=O)n(P(=O)=O)c(=O)n(CCCO)c2[nH]1. The van der Waals surface area contributed by atoms with E-state index in [9.17, 15) is 23.5 Å². The number of aliphatic hydroxyl groups is 1. The third-order valence-electron chi connectivity index (χ3n) is 2.50. The highest BCUT2D eigenvalue weighted by Gasteiger charge is 2.17. The zero-order valence-electron chi connectivity index (χ0n) is 9.45. The van der Waals surface area contributed by atoms with Gasteiger partial charge in [0.15, 0.2) is 5.52 Å². The summed E-state index contributed by atoms with van der Waals surface area (Å²) in [5.41, 5.74) is -3.33. The number of aromatic nitrogens is 4. The van der Waals surface area contributed by atoms with Crippen molar-refractivity contribution in [3.8, 4) is 0 Å². The van der Waals surface area contributed by atoms with E-state index in [1.165, 1.54) is 0 Å². The molecule has 0 atom stereocenters. The standard InChI is InChI=1S/C8H9N4O6P/c13-3-1-2-11-5-4(9-7(15)10-5)6(14)12(8(11)16)19(17)18/h13H,1-3H2,(H2,9,10,15). The van der Waals surface area contributed by atoms with E-state index in [1.807, 2.05) is 0 Å². The van der Waals surface area contributed by atoms with Crippen LogP contribution in [0.3, 0.4) is 0 Å². The number of nitrogens with zero attached hydrogens (tertiary/aromatic N) is 2. The summed E-state index contributed by atoms with van der Waals surface area (Å²) in [6, 6.07) is 0. The Labute approximate surface area is 104 Å². The molecule has 0 spiro atoms. The zero-order chi connectivity index (χ0) is 14.2. The Morgan fingerprint density at radius 2 is 1.84 bits per heavy atom. The maximum absolute atomic E-state index is 11.9. The summed E-state index contributed by atoms with van der Waals surface area (Å²) in [4.78, 5) is 39.2. The molecule has 0 saturated carbocycles. The first-order valence-corrected chi connectivity index (χ1v) is 6.33. The molecule has 0 unspecified atom stereocenters. The van der Waals surface area contributed by atoms with Gasteiger partial charge in [-0.25, -0.2) is 18.7 Å². The Balaban J connectivity index is 2.96. The van der Waals surface area contributed by atoms with Crippen molar-refractivity contribution in [1.29, 1.82) is 0 Å². The Morgan fingerprint density at radius 3 is 2.42 bits per heavy atom. The monoisotopic (exact) mass is 288 g/mol. The van der Waals surface area contributed by atoms with Crippen LogP contribution in [0.15, 0.2) is 14.4 Å². The number of imidazole rings is 1. The van der Waals surface area contributed by atoms with E-state index in [0.717, 1.165) is 4.57 Å². The van der Waals surface area contributed by atoms with Gasteiger partial charge in [0.05, 0.1) is 0 Å². The van der Waals surface area contributed by atoms with E-state index in [-0.39, 0.29) is 35.1 Å². The molecule has 0 bridgehead atoms. The number of aromatic amines is 2. The first kappa shape index (κ1) is 13.2. The normalized spacial score (nSPS) is 11.0. The van der Waals surface area contributed by atoms with Crippen molar-refractivity contribution in [2.45, 2.75) is 13.0 Å². The van der Waals surface area contributed by atoms with Crippen molar-refractivity contribution in [2.24, 2.45) is 0 Å². The smallest absolute Gasteiger partial charge is 0.396 e. The minimum absolute atomic E-state index is 0.0386. The van der Waals surface area contributed by atoms with E-state index < -0.39 is 24.8 Å². The number of hydrogen-bond donors (Lipinski definition) is 3. The van der Waals surface area contributed by atoms with E-state index >= 15 is 0 Å². The van der Waals surface area contributed by atoms with Gasteiger partial charge in [0, 0.05) is 13.2 Å². The third-order valence-corrected chi connectivity index (χ3v) is 3.18. The van der Waals surface area contributed by atoms with Gasteiger partial charge in [-0.05, 0) is 6.42 Å². The van der Waals surface area contributed by atoms with Crippen molar-refractivity contribution in [2.75, 3.05) is 6.61 Å². The van der Waals surface area contributed by atoms with Gasteiger partial charge in [0.1, 0.15) is 5.65 Å². The molecule has 10 nitrogen and oxygen atoms in total. The molecule has 0 aliphatic carbocycles. The van der Waals surface area contributed by atoms with Gasteiger partial charge in [0.25, 0.3) is 5.56 Å². The summed E-state index contributed by atoms with van der Waals surface area (Å²) in [5.74, 6) is 0. The van der Waals surface area contributed by atoms with Crippen LogP contribution in [-0.4, -0.2) is 30.6 Å². The fourth-order valence-electron chi connectivity index (χ4n) is 1.71. The third kappa shape index (κ3) is 2.11. The Morgan fingerprint density at radius 1 is 1.16 bits per heavy atom. The lowest BCUT2D eigenvalue weighted by Gasteiger charge is -2.06. The molecule has 2 aromatic heterocycles. The van der Waals surface area contributed by atoms with Crippen LogP contribution in [0.5, 0.6) is 0 Å². The second kappa shape index (κ2) is 4.82. The van der Waals surface area contributed by atoms with Crippen LogP contribution in [0.2, 0.25) is 0 Å². The van der Waals surface area contributed by atoms with Crippen LogP contribution in [0.4, 0.5) is 0 Å². The van der Waals surface area contributed by atoms with Gasteiger partial charge in [-0.3, -0.25) is 19.3 Å². The minimum Gasteiger partial charge on any atom is -0.396 e. The lowest BCUT2D eigenvalue weighted by molar-refractivity contribution is 0.279. The van der Waals surface area contributed by atoms with E-state index in [0.29, 0.717) is 0 Å². The Kier molecular flexibility index (Phi) is 3.36. The molecule has 0 amide bonds. The van der Waals surface area contributed by atoms with Crippen molar-refractivity contribution in [1.82, 2.24) is 18.9 Å². The highest BCUT2D eigenvalue weighted by atomic mass is 31.1. The summed E-state index contributed by atoms with van der Waals surface area (Å²) in [5, 5.41) is 8.75. The lowest BCUT2D eigenvalue weighted by Crippen LogP contribution is -2.36. The summed E-state index contributed by atoms with van der Waals surface area (Å²) in [7, 11) is -3.46. The van der Waals surface area contributed by atoms with E-state index in [1.54, 1.807) is 0 Å². The number of aryl methyl sites for hydroxylation is 1. The van der Waals surface area contributed by atoms with Crippen LogP contribution < -0.4 is 16.9 Å². The Bertz CT molecular complexity index is 858. The first-order valence-electron chi connectivity index (χ1n) is 5.20. The molecule has 2 heterocycles. The summed E-state index contributed by atoms with van der Waals surface area (Å²) < 4.78 is 22.9.